The van der Waals surface area contributed by atoms with Gasteiger partial charge in [0, 0.05) is 31.2 Å². The standard InChI is InChI=1S/C15H30N2/c1-14(2,3)16-10-15(4,5)11-17-9-12-6-7-13(17)8-12/h12-13,16H,6-11H2,1-5H3. The minimum absolute atomic E-state index is 0.237. The molecule has 2 fully saturated rings. The van der Waals surface area contributed by atoms with Crippen molar-refractivity contribution in [1.82, 2.24) is 10.2 Å². The molecule has 17 heavy (non-hydrogen) atoms. The molecule has 1 saturated heterocycles. The lowest BCUT2D eigenvalue weighted by molar-refractivity contribution is 0.134. The molecule has 0 aromatic heterocycles. The van der Waals surface area contributed by atoms with Crippen LogP contribution in [0.4, 0.5) is 0 Å². The molecule has 0 amide bonds. The average molecular weight is 238 g/mol. The van der Waals surface area contributed by atoms with E-state index in [0.717, 1.165) is 18.5 Å². The monoisotopic (exact) mass is 238 g/mol. The molecule has 0 spiro atoms. The third-order valence-corrected chi connectivity index (χ3v) is 4.25. The SMILES string of the molecule is CC(C)(CNC(C)(C)C)CN1CC2CCC1C2. The van der Waals surface area contributed by atoms with Crippen LogP contribution >= 0.6 is 0 Å². The van der Waals surface area contributed by atoms with Gasteiger partial charge in [0.15, 0.2) is 0 Å². The van der Waals surface area contributed by atoms with Crippen LogP contribution in [0.25, 0.3) is 0 Å². The van der Waals surface area contributed by atoms with Crippen molar-refractivity contribution in [2.75, 3.05) is 19.6 Å². The summed E-state index contributed by atoms with van der Waals surface area (Å²) in [6.07, 6.45) is 4.41. The fourth-order valence-corrected chi connectivity index (χ4v) is 3.33. The molecule has 100 valence electrons. The summed E-state index contributed by atoms with van der Waals surface area (Å²) in [6.45, 7) is 15.3. The number of hydrogen-bond acceptors (Lipinski definition) is 2. The minimum atomic E-state index is 0.237. The number of hydrogen-bond donors (Lipinski definition) is 1. The Balaban J connectivity index is 1.81. The summed E-state index contributed by atoms with van der Waals surface area (Å²) in [5.41, 5.74) is 0.624. The summed E-state index contributed by atoms with van der Waals surface area (Å²) in [4.78, 5) is 2.75. The van der Waals surface area contributed by atoms with Crippen LogP contribution < -0.4 is 5.32 Å². The number of nitrogens with one attached hydrogen (secondary N) is 1. The van der Waals surface area contributed by atoms with Gasteiger partial charge in [0.1, 0.15) is 0 Å². The molecular weight excluding hydrogens is 208 g/mol. The second kappa shape index (κ2) is 4.55. The maximum atomic E-state index is 3.65. The van der Waals surface area contributed by atoms with E-state index in [4.69, 9.17) is 0 Å². The first-order valence-corrected chi connectivity index (χ1v) is 7.24. The van der Waals surface area contributed by atoms with Gasteiger partial charge >= 0.3 is 0 Å². The number of nitrogens with zero attached hydrogens (tertiary/aromatic N) is 1. The Labute approximate surface area is 107 Å². The predicted octanol–water partition coefficient (Wildman–Crippen LogP) is 2.89. The zero-order chi connectivity index (χ0) is 12.7. The van der Waals surface area contributed by atoms with E-state index in [9.17, 15) is 0 Å². The Morgan fingerprint density at radius 2 is 1.82 bits per heavy atom. The summed E-state index contributed by atoms with van der Waals surface area (Å²) in [5, 5.41) is 3.65. The van der Waals surface area contributed by atoms with Gasteiger partial charge in [0.25, 0.3) is 0 Å². The molecule has 0 radical (unpaired) electrons. The van der Waals surface area contributed by atoms with Crippen LogP contribution in [0.3, 0.4) is 0 Å². The summed E-state index contributed by atoms with van der Waals surface area (Å²) in [7, 11) is 0. The maximum absolute atomic E-state index is 3.65. The van der Waals surface area contributed by atoms with E-state index in [1.807, 2.05) is 0 Å². The highest BCUT2D eigenvalue weighted by atomic mass is 15.2. The highest BCUT2D eigenvalue weighted by molar-refractivity contribution is 4.94. The highest BCUT2D eigenvalue weighted by Crippen LogP contribution is 2.38. The van der Waals surface area contributed by atoms with Crippen LogP contribution in [0, 0.1) is 11.3 Å². The number of piperidine rings is 1. The van der Waals surface area contributed by atoms with Crippen molar-refractivity contribution in [2.24, 2.45) is 11.3 Å². The topological polar surface area (TPSA) is 15.3 Å². The zero-order valence-electron chi connectivity index (χ0n) is 12.3. The summed E-state index contributed by atoms with van der Waals surface area (Å²) >= 11 is 0. The van der Waals surface area contributed by atoms with E-state index >= 15 is 0 Å². The molecule has 2 heteroatoms. The van der Waals surface area contributed by atoms with Crippen molar-refractivity contribution < 1.29 is 0 Å². The number of fused-ring (bicyclic) bond motifs is 2. The first-order valence-electron chi connectivity index (χ1n) is 7.24. The van der Waals surface area contributed by atoms with Crippen LogP contribution in [-0.4, -0.2) is 36.1 Å². The first-order chi connectivity index (χ1) is 7.75. The maximum Gasteiger partial charge on any atom is 0.00988 e. The molecule has 0 aromatic rings. The zero-order valence-corrected chi connectivity index (χ0v) is 12.3. The molecule has 2 rings (SSSR count). The lowest BCUT2D eigenvalue weighted by Gasteiger charge is -2.37. The van der Waals surface area contributed by atoms with Crippen molar-refractivity contribution in [2.45, 2.75) is 65.5 Å². The van der Waals surface area contributed by atoms with Gasteiger partial charge in [-0.25, -0.2) is 0 Å². The smallest absolute Gasteiger partial charge is 0.00988 e. The van der Waals surface area contributed by atoms with E-state index in [-0.39, 0.29) is 5.54 Å². The Kier molecular flexibility index (Phi) is 3.57. The molecule has 1 saturated carbocycles. The summed E-state index contributed by atoms with van der Waals surface area (Å²) in [6, 6.07) is 0.911. The Hall–Kier alpha value is -0.0800. The molecule has 1 aliphatic heterocycles. The van der Waals surface area contributed by atoms with Gasteiger partial charge in [-0.3, -0.25) is 4.90 Å². The van der Waals surface area contributed by atoms with Crippen molar-refractivity contribution in [3.8, 4) is 0 Å². The molecule has 2 aliphatic rings. The molecule has 1 aliphatic carbocycles. The summed E-state index contributed by atoms with van der Waals surface area (Å²) < 4.78 is 0. The molecule has 2 atom stereocenters. The van der Waals surface area contributed by atoms with E-state index in [1.54, 1.807) is 0 Å². The van der Waals surface area contributed by atoms with Crippen LogP contribution in [-0.2, 0) is 0 Å². The van der Waals surface area contributed by atoms with Crippen molar-refractivity contribution in [3.63, 3.8) is 0 Å². The van der Waals surface area contributed by atoms with Gasteiger partial charge in [-0.05, 0) is 51.4 Å². The molecule has 2 nitrogen and oxygen atoms in total. The predicted molar refractivity (Wildman–Crippen MR) is 74.2 cm³/mol. The van der Waals surface area contributed by atoms with Gasteiger partial charge in [0.05, 0.1) is 0 Å². The van der Waals surface area contributed by atoms with Crippen molar-refractivity contribution >= 4 is 0 Å². The van der Waals surface area contributed by atoms with Crippen molar-refractivity contribution in [1.29, 1.82) is 0 Å². The highest BCUT2D eigenvalue weighted by Gasteiger charge is 2.39. The Morgan fingerprint density at radius 1 is 1.12 bits per heavy atom. The average Bonchev–Trinajstić information content (AvgIpc) is 2.74. The number of rotatable bonds is 4. The van der Waals surface area contributed by atoms with Crippen molar-refractivity contribution in [3.05, 3.63) is 0 Å². The third kappa shape index (κ3) is 3.69. The van der Waals surface area contributed by atoms with Crippen LogP contribution in [0.5, 0.6) is 0 Å². The van der Waals surface area contributed by atoms with Crippen LogP contribution in [0.1, 0.15) is 53.9 Å². The lowest BCUT2D eigenvalue weighted by atomic mass is 9.90. The normalized spacial score (nSPS) is 30.2. The number of likely N-dealkylation sites (tertiary alicyclic amines) is 1. The van der Waals surface area contributed by atoms with Crippen LogP contribution in [0.2, 0.25) is 0 Å². The van der Waals surface area contributed by atoms with Gasteiger partial charge in [-0.1, -0.05) is 13.8 Å². The third-order valence-electron chi connectivity index (χ3n) is 4.25. The van der Waals surface area contributed by atoms with Gasteiger partial charge in [-0.2, -0.15) is 0 Å². The Bertz CT molecular complexity index is 265. The lowest BCUT2D eigenvalue weighted by Crippen LogP contribution is -2.47. The fraction of sp³-hybridized carbons (Fsp3) is 1.00. The van der Waals surface area contributed by atoms with Crippen LogP contribution in [0.15, 0.2) is 0 Å². The minimum Gasteiger partial charge on any atom is -0.311 e. The molecule has 2 unspecified atom stereocenters. The first kappa shape index (κ1) is 13.4. The second-order valence-corrected chi connectivity index (χ2v) is 8.03. The Morgan fingerprint density at radius 3 is 2.29 bits per heavy atom. The molecular formula is C15H30N2. The van der Waals surface area contributed by atoms with E-state index in [0.29, 0.717) is 5.41 Å². The van der Waals surface area contributed by atoms with E-state index < -0.39 is 0 Å². The van der Waals surface area contributed by atoms with Gasteiger partial charge in [-0.15, -0.1) is 0 Å². The molecule has 1 N–H and O–H groups in total. The van der Waals surface area contributed by atoms with E-state index in [1.165, 1.54) is 32.4 Å². The summed E-state index contributed by atoms with van der Waals surface area (Å²) in [5.74, 6) is 1.02. The largest absolute Gasteiger partial charge is 0.311 e. The van der Waals surface area contributed by atoms with Gasteiger partial charge in [0.2, 0.25) is 0 Å². The fourth-order valence-electron chi connectivity index (χ4n) is 3.33. The molecule has 0 aromatic carbocycles. The van der Waals surface area contributed by atoms with Gasteiger partial charge < -0.3 is 5.32 Å². The molecule has 1 heterocycles. The van der Waals surface area contributed by atoms with E-state index in [2.05, 4.69) is 44.8 Å². The quantitative estimate of drug-likeness (QED) is 0.810. The molecule has 2 bridgehead atoms. The second-order valence-electron chi connectivity index (χ2n) is 8.03.